The first-order chi connectivity index (χ1) is 11.1. The molecule has 0 atom stereocenters. The molecule has 0 spiro atoms. The maximum absolute atomic E-state index is 12.8. The Hall–Kier alpha value is -1.93. The van der Waals surface area contributed by atoms with Crippen molar-refractivity contribution < 1.29 is 26.3 Å². The van der Waals surface area contributed by atoms with E-state index in [0.717, 1.165) is 12.1 Å². The van der Waals surface area contributed by atoms with E-state index in [1.54, 1.807) is 19.1 Å². The summed E-state index contributed by atoms with van der Waals surface area (Å²) in [6, 6.07) is 8.16. The van der Waals surface area contributed by atoms with Gasteiger partial charge in [-0.25, -0.2) is 8.42 Å². The number of hydrogen-bond acceptors (Lipinski definition) is 3. The molecule has 9 heteroatoms. The van der Waals surface area contributed by atoms with E-state index in [0.29, 0.717) is 18.4 Å². The van der Waals surface area contributed by atoms with Crippen LogP contribution in [0.4, 0.5) is 18.9 Å². The molecule has 0 aliphatic carbocycles. The molecule has 0 bridgehead atoms. The first-order valence-electron chi connectivity index (χ1n) is 6.76. The SMILES string of the molecule is CCOc1cccc(NS(=O)(=O)c2cc(C(F)(F)F)ccc2Cl)c1. The molecule has 0 fully saturated rings. The molecule has 0 aromatic heterocycles. The average molecular weight is 380 g/mol. The highest BCUT2D eigenvalue weighted by atomic mass is 35.5. The first kappa shape index (κ1) is 18.4. The molecule has 0 aliphatic rings. The molecule has 4 nitrogen and oxygen atoms in total. The minimum Gasteiger partial charge on any atom is -0.494 e. The second-order valence-electron chi connectivity index (χ2n) is 4.71. The summed E-state index contributed by atoms with van der Waals surface area (Å²) < 4.78 is 70.5. The fourth-order valence-corrected chi connectivity index (χ4v) is 3.49. The fraction of sp³-hybridized carbons (Fsp3) is 0.200. The third kappa shape index (κ3) is 4.33. The van der Waals surface area contributed by atoms with Gasteiger partial charge in [0.2, 0.25) is 0 Å². The third-order valence-electron chi connectivity index (χ3n) is 2.95. The zero-order valence-corrected chi connectivity index (χ0v) is 14.0. The Labute approximate surface area is 142 Å². The Balaban J connectivity index is 2.39. The smallest absolute Gasteiger partial charge is 0.416 e. The van der Waals surface area contributed by atoms with Gasteiger partial charge in [-0.15, -0.1) is 0 Å². The predicted molar refractivity (Wildman–Crippen MR) is 84.9 cm³/mol. The van der Waals surface area contributed by atoms with Gasteiger partial charge in [-0.1, -0.05) is 17.7 Å². The van der Waals surface area contributed by atoms with Gasteiger partial charge >= 0.3 is 6.18 Å². The number of anilines is 1. The van der Waals surface area contributed by atoms with Crippen LogP contribution in [0.3, 0.4) is 0 Å². The average Bonchev–Trinajstić information content (AvgIpc) is 2.46. The Bertz CT molecular complexity index is 838. The summed E-state index contributed by atoms with van der Waals surface area (Å²) in [7, 11) is -4.30. The number of nitrogens with one attached hydrogen (secondary N) is 1. The van der Waals surface area contributed by atoms with E-state index in [2.05, 4.69) is 4.72 Å². The molecule has 2 aromatic rings. The van der Waals surface area contributed by atoms with Crippen LogP contribution in [-0.4, -0.2) is 15.0 Å². The van der Waals surface area contributed by atoms with Gasteiger partial charge in [-0.3, -0.25) is 4.72 Å². The molecule has 0 heterocycles. The van der Waals surface area contributed by atoms with Gasteiger partial charge in [0.25, 0.3) is 10.0 Å². The van der Waals surface area contributed by atoms with Crippen molar-refractivity contribution in [2.24, 2.45) is 0 Å². The molecular formula is C15H13ClF3NO3S. The summed E-state index contributed by atoms with van der Waals surface area (Å²) >= 11 is 5.77. The highest BCUT2D eigenvalue weighted by molar-refractivity contribution is 7.92. The molecule has 0 saturated carbocycles. The Morgan fingerprint density at radius 1 is 1.17 bits per heavy atom. The van der Waals surface area contributed by atoms with E-state index in [4.69, 9.17) is 16.3 Å². The van der Waals surface area contributed by atoms with Crippen molar-refractivity contribution in [1.82, 2.24) is 0 Å². The lowest BCUT2D eigenvalue weighted by Gasteiger charge is -2.13. The number of hydrogen-bond donors (Lipinski definition) is 1. The highest BCUT2D eigenvalue weighted by Crippen LogP contribution is 2.34. The summed E-state index contributed by atoms with van der Waals surface area (Å²) in [5.41, 5.74) is -0.954. The lowest BCUT2D eigenvalue weighted by Crippen LogP contribution is -2.15. The number of alkyl halides is 3. The van der Waals surface area contributed by atoms with Crippen LogP contribution < -0.4 is 9.46 Å². The molecule has 0 unspecified atom stereocenters. The van der Waals surface area contributed by atoms with Crippen LogP contribution in [0.5, 0.6) is 5.75 Å². The fourth-order valence-electron chi connectivity index (χ4n) is 1.91. The van der Waals surface area contributed by atoms with Gasteiger partial charge < -0.3 is 4.74 Å². The van der Waals surface area contributed by atoms with Crippen molar-refractivity contribution in [2.75, 3.05) is 11.3 Å². The van der Waals surface area contributed by atoms with E-state index in [1.807, 2.05) is 0 Å². The van der Waals surface area contributed by atoms with Gasteiger partial charge in [0, 0.05) is 6.07 Å². The molecular weight excluding hydrogens is 367 g/mol. The molecule has 1 N–H and O–H groups in total. The van der Waals surface area contributed by atoms with Gasteiger partial charge in [-0.05, 0) is 37.3 Å². The molecule has 0 saturated heterocycles. The third-order valence-corrected chi connectivity index (χ3v) is 4.81. The van der Waals surface area contributed by atoms with Gasteiger partial charge in [-0.2, -0.15) is 13.2 Å². The minimum absolute atomic E-state index is 0.148. The second-order valence-corrected chi connectivity index (χ2v) is 6.77. The Kier molecular flexibility index (Phi) is 5.29. The van der Waals surface area contributed by atoms with Gasteiger partial charge in [0.15, 0.2) is 0 Å². The number of rotatable bonds is 5. The van der Waals surface area contributed by atoms with Crippen LogP contribution in [0, 0.1) is 0 Å². The molecule has 0 radical (unpaired) electrons. The van der Waals surface area contributed by atoms with E-state index >= 15 is 0 Å². The van der Waals surface area contributed by atoms with Crippen LogP contribution >= 0.6 is 11.6 Å². The summed E-state index contributed by atoms with van der Waals surface area (Å²) in [5, 5.41) is -0.309. The standard InChI is InChI=1S/C15H13ClF3NO3S/c1-2-23-12-5-3-4-11(9-12)20-24(21,22)14-8-10(15(17,18)19)6-7-13(14)16/h3-9,20H,2H2,1H3. The molecule has 130 valence electrons. The van der Waals surface area contributed by atoms with Crippen molar-refractivity contribution in [3.63, 3.8) is 0 Å². The first-order valence-corrected chi connectivity index (χ1v) is 8.62. The number of halogens is 4. The molecule has 24 heavy (non-hydrogen) atoms. The normalized spacial score (nSPS) is 12.0. The monoisotopic (exact) mass is 379 g/mol. The number of ether oxygens (including phenoxy) is 1. The summed E-state index contributed by atoms with van der Waals surface area (Å²) in [5.74, 6) is 0.424. The Morgan fingerprint density at radius 3 is 2.50 bits per heavy atom. The largest absolute Gasteiger partial charge is 0.494 e. The molecule has 2 aromatic carbocycles. The van der Waals surface area contributed by atoms with Crippen molar-refractivity contribution in [3.05, 3.63) is 53.1 Å². The van der Waals surface area contributed by atoms with Crippen LogP contribution in [0.15, 0.2) is 47.4 Å². The molecule has 0 amide bonds. The summed E-state index contributed by atoms with van der Waals surface area (Å²) in [6.07, 6.45) is -4.68. The van der Waals surface area contributed by atoms with Crippen molar-refractivity contribution in [1.29, 1.82) is 0 Å². The quantitative estimate of drug-likeness (QED) is 0.828. The van der Waals surface area contributed by atoms with Crippen molar-refractivity contribution in [2.45, 2.75) is 18.0 Å². The lowest BCUT2D eigenvalue weighted by atomic mass is 10.2. The maximum Gasteiger partial charge on any atom is 0.416 e. The van der Waals surface area contributed by atoms with E-state index < -0.39 is 26.7 Å². The predicted octanol–water partition coefficient (Wildman–Crippen LogP) is 4.56. The van der Waals surface area contributed by atoms with Crippen LogP contribution in [-0.2, 0) is 16.2 Å². The second kappa shape index (κ2) is 6.90. The van der Waals surface area contributed by atoms with Crippen LogP contribution in [0.2, 0.25) is 5.02 Å². The number of benzene rings is 2. The van der Waals surface area contributed by atoms with Crippen LogP contribution in [0.25, 0.3) is 0 Å². The van der Waals surface area contributed by atoms with E-state index in [1.165, 1.54) is 12.1 Å². The topological polar surface area (TPSA) is 55.4 Å². The zero-order valence-electron chi connectivity index (χ0n) is 12.4. The minimum atomic E-state index is -4.68. The van der Waals surface area contributed by atoms with Crippen molar-refractivity contribution >= 4 is 27.3 Å². The molecule has 2 rings (SSSR count). The van der Waals surface area contributed by atoms with Crippen molar-refractivity contribution in [3.8, 4) is 5.75 Å². The van der Waals surface area contributed by atoms with Gasteiger partial charge in [0.05, 0.1) is 22.9 Å². The summed E-state index contributed by atoms with van der Waals surface area (Å²) in [6.45, 7) is 2.15. The maximum atomic E-state index is 12.8. The van der Waals surface area contributed by atoms with Crippen LogP contribution in [0.1, 0.15) is 12.5 Å². The lowest BCUT2D eigenvalue weighted by molar-refractivity contribution is -0.137. The van der Waals surface area contributed by atoms with Gasteiger partial charge in [0.1, 0.15) is 10.6 Å². The Morgan fingerprint density at radius 2 is 1.88 bits per heavy atom. The van der Waals surface area contributed by atoms with E-state index in [9.17, 15) is 21.6 Å². The number of sulfonamides is 1. The zero-order chi connectivity index (χ0) is 18.0. The highest BCUT2D eigenvalue weighted by Gasteiger charge is 2.32. The van der Waals surface area contributed by atoms with E-state index in [-0.39, 0.29) is 10.7 Å². The summed E-state index contributed by atoms with van der Waals surface area (Å²) in [4.78, 5) is -0.652. The molecule has 0 aliphatic heterocycles.